The highest BCUT2D eigenvalue weighted by Crippen LogP contribution is 2.20. The van der Waals surface area contributed by atoms with Gasteiger partial charge in [0, 0.05) is 17.2 Å². The fourth-order valence-corrected chi connectivity index (χ4v) is 2.24. The van der Waals surface area contributed by atoms with Gasteiger partial charge in [0.1, 0.15) is 12.1 Å². The number of hydrogen-bond donors (Lipinski definition) is 0. The van der Waals surface area contributed by atoms with Crippen LogP contribution in [0.15, 0.2) is 42.5 Å². The van der Waals surface area contributed by atoms with Crippen molar-refractivity contribution >= 4 is 22.5 Å². The fraction of sp³-hybridized carbons (Fsp3) is 0.133. The van der Waals surface area contributed by atoms with Crippen LogP contribution in [0.2, 0.25) is 0 Å². The molecule has 0 spiro atoms. The summed E-state index contributed by atoms with van der Waals surface area (Å²) in [6.45, 7) is 1.62. The van der Waals surface area contributed by atoms with Gasteiger partial charge in [-0.15, -0.1) is 5.10 Å². The van der Waals surface area contributed by atoms with Crippen LogP contribution in [-0.4, -0.2) is 25.7 Å². The number of nitro groups is 1. The van der Waals surface area contributed by atoms with Gasteiger partial charge in [-0.1, -0.05) is 29.5 Å². The Kier molecular flexibility index (Phi) is 3.38. The monoisotopic (exact) mass is 296 g/mol. The number of rotatable bonds is 4. The zero-order valence-corrected chi connectivity index (χ0v) is 11.8. The molecule has 7 nitrogen and oxygen atoms in total. The quantitative estimate of drug-likeness (QED) is 0.419. The lowest BCUT2D eigenvalue weighted by molar-refractivity contribution is -0.385. The molecule has 0 atom stereocenters. The van der Waals surface area contributed by atoms with Gasteiger partial charge in [-0.25, -0.2) is 4.68 Å². The van der Waals surface area contributed by atoms with Crippen molar-refractivity contribution in [2.45, 2.75) is 13.5 Å². The zero-order valence-electron chi connectivity index (χ0n) is 11.8. The first-order chi connectivity index (χ1) is 10.6. The Bertz CT molecular complexity index is 885. The molecule has 0 saturated heterocycles. The molecule has 0 N–H and O–H groups in total. The molecule has 0 fully saturated rings. The van der Waals surface area contributed by atoms with Crippen LogP contribution in [-0.2, 0) is 6.54 Å². The molecule has 7 heteroatoms. The van der Waals surface area contributed by atoms with Crippen molar-refractivity contribution in [2.75, 3.05) is 0 Å². The molecule has 0 saturated carbocycles. The van der Waals surface area contributed by atoms with E-state index in [0.717, 1.165) is 5.52 Å². The van der Waals surface area contributed by atoms with E-state index < -0.39 is 4.92 Å². The normalized spacial score (nSPS) is 10.8. The number of benzene rings is 2. The van der Waals surface area contributed by atoms with Crippen molar-refractivity contribution in [1.29, 1.82) is 0 Å². The summed E-state index contributed by atoms with van der Waals surface area (Å²) in [4.78, 5) is 22.8. The molecule has 0 bridgehead atoms. The summed E-state index contributed by atoms with van der Waals surface area (Å²) in [5, 5.41) is 18.9. The second-order valence-electron chi connectivity index (χ2n) is 4.92. The number of hydrogen-bond acceptors (Lipinski definition) is 5. The second-order valence-corrected chi connectivity index (χ2v) is 4.92. The van der Waals surface area contributed by atoms with Crippen LogP contribution < -0.4 is 0 Å². The molecule has 1 heterocycles. The van der Waals surface area contributed by atoms with E-state index >= 15 is 0 Å². The highest BCUT2D eigenvalue weighted by Gasteiger charge is 2.16. The van der Waals surface area contributed by atoms with Gasteiger partial charge in [0.05, 0.1) is 10.4 Å². The summed E-state index contributed by atoms with van der Waals surface area (Å²) in [5.74, 6) is -0.251. The number of fused-ring (bicyclic) bond motifs is 1. The molecule has 0 aliphatic heterocycles. The van der Waals surface area contributed by atoms with Gasteiger partial charge in [0.2, 0.25) is 0 Å². The van der Waals surface area contributed by atoms with Gasteiger partial charge in [-0.05, 0) is 19.1 Å². The summed E-state index contributed by atoms with van der Waals surface area (Å²) >= 11 is 0. The van der Waals surface area contributed by atoms with E-state index in [2.05, 4.69) is 10.3 Å². The molecule has 3 rings (SSSR count). The van der Waals surface area contributed by atoms with E-state index in [-0.39, 0.29) is 23.6 Å². The largest absolute Gasteiger partial charge is 0.292 e. The molecule has 0 unspecified atom stereocenters. The van der Waals surface area contributed by atoms with Crippen molar-refractivity contribution in [1.82, 2.24) is 15.0 Å². The van der Waals surface area contributed by atoms with E-state index in [1.807, 2.05) is 18.2 Å². The molecule has 1 aromatic heterocycles. The Morgan fingerprint density at radius 1 is 1.27 bits per heavy atom. The minimum Gasteiger partial charge on any atom is -0.292 e. The number of ketones is 1. The molecule has 0 amide bonds. The SMILES string of the molecule is Cc1ccc(C(=O)Cn2nnc3ccccc32)cc1[N+](=O)[O-]. The Balaban J connectivity index is 1.92. The van der Waals surface area contributed by atoms with E-state index in [1.54, 1.807) is 25.1 Å². The number of carbonyl (C=O) groups excluding carboxylic acids is 1. The van der Waals surface area contributed by atoms with Crippen LogP contribution in [0.1, 0.15) is 15.9 Å². The average Bonchev–Trinajstić information content (AvgIpc) is 2.90. The number of aryl methyl sites for hydroxylation is 1. The van der Waals surface area contributed by atoms with E-state index in [1.165, 1.54) is 10.7 Å². The number of aromatic nitrogens is 3. The molecule has 22 heavy (non-hydrogen) atoms. The first-order valence-electron chi connectivity index (χ1n) is 6.63. The summed E-state index contributed by atoms with van der Waals surface area (Å²) < 4.78 is 1.49. The van der Waals surface area contributed by atoms with Gasteiger partial charge in [-0.3, -0.25) is 14.9 Å². The lowest BCUT2D eigenvalue weighted by atomic mass is 10.1. The Labute approximate surface area is 125 Å². The summed E-state index contributed by atoms with van der Waals surface area (Å²) in [7, 11) is 0. The molecule has 2 aromatic carbocycles. The lowest BCUT2D eigenvalue weighted by Gasteiger charge is -2.04. The molecule has 0 aliphatic carbocycles. The molecular formula is C15H12N4O3. The van der Waals surface area contributed by atoms with Crippen molar-refractivity contribution < 1.29 is 9.72 Å². The topological polar surface area (TPSA) is 90.9 Å². The fourth-order valence-electron chi connectivity index (χ4n) is 2.24. The standard InChI is InChI=1S/C15H12N4O3/c1-10-6-7-11(8-14(10)19(21)22)15(20)9-18-13-5-3-2-4-12(13)16-17-18/h2-8H,9H2,1H3. The van der Waals surface area contributed by atoms with Gasteiger partial charge in [0.25, 0.3) is 5.69 Å². The maximum Gasteiger partial charge on any atom is 0.273 e. The summed E-state index contributed by atoms with van der Waals surface area (Å²) in [6.07, 6.45) is 0. The number of carbonyl (C=O) groups is 1. The van der Waals surface area contributed by atoms with E-state index in [4.69, 9.17) is 0 Å². The highest BCUT2D eigenvalue weighted by molar-refractivity contribution is 5.97. The van der Waals surface area contributed by atoms with Crippen LogP contribution in [0.5, 0.6) is 0 Å². The molecule has 110 valence electrons. The summed E-state index contributed by atoms with van der Waals surface area (Å²) in [6, 6.07) is 11.8. The smallest absolute Gasteiger partial charge is 0.273 e. The first kappa shape index (κ1) is 13.9. The third-order valence-corrected chi connectivity index (χ3v) is 3.44. The second kappa shape index (κ2) is 5.36. The van der Waals surface area contributed by atoms with Gasteiger partial charge < -0.3 is 0 Å². The predicted octanol–water partition coefficient (Wildman–Crippen LogP) is 2.53. The average molecular weight is 296 g/mol. The lowest BCUT2D eigenvalue weighted by Crippen LogP contribution is -2.12. The maximum absolute atomic E-state index is 12.3. The first-order valence-corrected chi connectivity index (χ1v) is 6.63. The minimum absolute atomic E-state index is 0.0132. The van der Waals surface area contributed by atoms with Gasteiger partial charge >= 0.3 is 0 Å². The Hall–Kier alpha value is -3.09. The highest BCUT2D eigenvalue weighted by atomic mass is 16.6. The third kappa shape index (κ3) is 2.44. The molecule has 0 radical (unpaired) electrons. The number of para-hydroxylation sites is 1. The minimum atomic E-state index is -0.489. The van der Waals surface area contributed by atoms with Crippen molar-refractivity contribution in [3.63, 3.8) is 0 Å². The molecular weight excluding hydrogens is 284 g/mol. The zero-order chi connectivity index (χ0) is 15.7. The van der Waals surface area contributed by atoms with E-state index in [9.17, 15) is 14.9 Å². The van der Waals surface area contributed by atoms with Crippen molar-refractivity contribution in [3.8, 4) is 0 Å². The predicted molar refractivity (Wildman–Crippen MR) is 79.7 cm³/mol. The van der Waals surface area contributed by atoms with Crippen LogP contribution in [0, 0.1) is 17.0 Å². The van der Waals surface area contributed by atoms with Gasteiger partial charge in [-0.2, -0.15) is 0 Å². The molecule has 3 aromatic rings. The van der Waals surface area contributed by atoms with Crippen LogP contribution in [0.25, 0.3) is 11.0 Å². The Morgan fingerprint density at radius 3 is 2.82 bits per heavy atom. The van der Waals surface area contributed by atoms with Crippen LogP contribution in [0.3, 0.4) is 0 Å². The molecule has 0 aliphatic rings. The summed E-state index contributed by atoms with van der Waals surface area (Å²) in [5.41, 5.74) is 2.20. The third-order valence-electron chi connectivity index (χ3n) is 3.44. The van der Waals surface area contributed by atoms with Crippen LogP contribution in [0.4, 0.5) is 5.69 Å². The maximum atomic E-state index is 12.3. The van der Waals surface area contributed by atoms with E-state index in [0.29, 0.717) is 11.1 Å². The number of nitro benzene ring substituents is 1. The van der Waals surface area contributed by atoms with Crippen molar-refractivity contribution in [3.05, 3.63) is 63.7 Å². The number of Topliss-reactive ketones (excluding diaryl/α,β-unsaturated/α-hetero) is 1. The Morgan fingerprint density at radius 2 is 2.05 bits per heavy atom. The van der Waals surface area contributed by atoms with Crippen molar-refractivity contribution in [2.24, 2.45) is 0 Å². The van der Waals surface area contributed by atoms with Gasteiger partial charge in [0.15, 0.2) is 5.78 Å². The number of nitrogens with zero attached hydrogens (tertiary/aromatic N) is 4. The van der Waals surface area contributed by atoms with Crippen LogP contribution >= 0.6 is 0 Å².